The number of aliphatic carboxylic acids is 1. The molecule has 0 saturated carbocycles. The molecule has 0 aliphatic rings. The number of methoxy groups -OCH3 is 1. The molecule has 7 nitrogen and oxygen atoms in total. The number of carboxylic acid groups (broad SMARTS) is 1. The summed E-state index contributed by atoms with van der Waals surface area (Å²) in [4.78, 5) is 35.0. The first-order chi connectivity index (χ1) is 12.7. The number of carboxylic acids is 1. The Morgan fingerprint density at radius 1 is 1.00 bits per heavy atom. The van der Waals surface area contributed by atoms with E-state index in [9.17, 15) is 14.4 Å². The molecule has 0 heterocycles. The highest BCUT2D eigenvalue weighted by Crippen LogP contribution is 2.27. The van der Waals surface area contributed by atoms with Crippen molar-refractivity contribution in [1.82, 2.24) is 5.32 Å². The molecular formula is C20H22N2O5. The highest BCUT2D eigenvalue weighted by Gasteiger charge is 2.29. The van der Waals surface area contributed by atoms with Crippen LogP contribution in [0.4, 0.5) is 5.69 Å². The molecule has 0 bridgehead atoms. The minimum Gasteiger partial charge on any atom is -0.497 e. The average molecular weight is 370 g/mol. The number of carbonyl (C=O) groups is 3. The Morgan fingerprint density at radius 2 is 1.59 bits per heavy atom. The lowest BCUT2D eigenvalue weighted by Gasteiger charge is -2.24. The van der Waals surface area contributed by atoms with E-state index in [1.54, 1.807) is 31.4 Å². The Morgan fingerprint density at radius 3 is 2.11 bits per heavy atom. The number of benzene rings is 2. The van der Waals surface area contributed by atoms with Crippen LogP contribution in [0, 0.1) is 0 Å². The average Bonchev–Trinajstić information content (AvgIpc) is 2.66. The summed E-state index contributed by atoms with van der Waals surface area (Å²) in [7, 11) is 1.58. The van der Waals surface area contributed by atoms with Gasteiger partial charge in [0.15, 0.2) is 0 Å². The van der Waals surface area contributed by atoms with Crippen molar-refractivity contribution in [3.05, 3.63) is 59.7 Å². The number of rotatable bonds is 7. The van der Waals surface area contributed by atoms with Crippen LogP contribution >= 0.6 is 0 Å². The summed E-state index contributed by atoms with van der Waals surface area (Å²) in [6.45, 7) is 3.18. The lowest BCUT2D eigenvalue weighted by Crippen LogP contribution is -2.34. The van der Waals surface area contributed by atoms with Crippen LogP contribution < -0.4 is 15.4 Å². The van der Waals surface area contributed by atoms with Crippen LogP contribution in [0.5, 0.6) is 5.75 Å². The molecule has 0 unspecified atom stereocenters. The Kier molecular flexibility index (Phi) is 6.18. The molecule has 0 aliphatic carbocycles. The molecule has 142 valence electrons. The fourth-order valence-electron chi connectivity index (χ4n) is 2.39. The predicted molar refractivity (Wildman–Crippen MR) is 101 cm³/mol. The first kappa shape index (κ1) is 20.0. The van der Waals surface area contributed by atoms with E-state index in [-0.39, 0.29) is 5.91 Å². The second kappa shape index (κ2) is 8.35. The van der Waals surface area contributed by atoms with Crippen molar-refractivity contribution in [2.24, 2.45) is 0 Å². The van der Waals surface area contributed by atoms with Crippen LogP contribution in [0.2, 0.25) is 0 Å². The maximum Gasteiger partial charge on any atom is 0.322 e. The number of ether oxygens (including phenoxy) is 1. The van der Waals surface area contributed by atoms with Crippen molar-refractivity contribution in [1.29, 1.82) is 0 Å². The van der Waals surface area contributed by atoms with E-state index in [0.29, 0.717) is 17.0 Å². The standard InChI is InChI=1S/C20H22N2O5/c1-20(2,14-6-10-16(27-3)11-7-14)19(26)22-15-8-4-13(5-9-15)18(25)21-12-17(23)24/h4-11H,12H2,1-3H3,(H,21,25)(H,22,26)(H,23,24). The van der Waals surface area contributed by atoms with Crippen LogP contribution in [-0.2, 0) is 15.0 Å². The summed E-state index contributed by atoms with van der Waals surface area (Å²) in [5, 5.41) is 13.7. The Hall–Kier alpha value is -3.35. The fraction of sp³-hybridized carbons (Fsp3) is 0.250. The van der Waals surface area contributed by atoms with Gasteiger partial charge in [0.05, 0.1) is 12.5 Å². The van der Waals surface area contributed by atoms with Crippen molar-refractivity contribution in [2.45, 2.75) is 19.3 Å². The number of anilines is 1. The number of hydrogen-bond donors (Lipinski definition) is 3. The summed E-state index contributed by atoms with van der Waals surface area (Å²) < 4.78 is 5.13. The van der Waals surface area contributed by atoms with Gasteiger partial charge in [0.25, 0.3) is 5.91 Å². The first-order valence-corrected chi connectivity index (χ1v) is 8.30. The van der Waals surface area contributed by atoms with Gasteiger partial charge in [0, 0.05) is 11.3 Å². The zero-order valence-corrected chi connectivity index (χ0v) is 15.4. The van der Waals surface area contributed by atoms with Crippen LogP contribution in [0.3, 0.4) is 0 Å². The number of nitrogens with one attached hydrogen (secondary N) is 2. The van der Waals surface area contributed by atoms with Crippen molar-refractivity contribution < 1.29 is 24.2 Å². The van der Waals surface area contributed by atoms with Gasteiger partial charge in [-0.05, 0) is 55.8 Å². The molecule has 0 radical (unpaired) electrons. The molecule has 0 fully saturated rings. The monoisotopic (exact) mass is 370 g/mol. The van der Waals surface area contributed by atoms with Crippen LogP contribution in [0.15, 0.2) is 48.5 Å². The molecule has 0 atom stereocenters. The van der Waals surface area contributed by atoms with Crippen LogP contribution in [0.25, 0.3) is 0 Å². The van der Waals surface area contributed by atoms with E-state index in [2.05, 4.69) is 10.6 Å². The zero-order valence-electron chi connectivity index (χ0n) is 15.4. The second-order valence-electron chi connectivity index (χ2n) is 6.46. The molecule has 2 amide bonds. The maximum absolute atomic E-state index is 12.7. The third kappa shape index (κ3) is 5.07. The third-order valence-corrected chi connectivity index (χ3v) is 4.18. The van der Waals surface area contributed by atoms with E-state index >= 15 is 0 Å². The molecule has 0 aromatic heterocycles. The van der Waals surface area contributed by atoms with Gasteiger partial charge in [-0.25, -0.2) is 0 Å². The fourth-order valence-corrected chi connectivity index (χ4v) is 2.39. The maximum atomic E-state index is 12.7. The summed E-state index contributed by atoms with van der Waals surface area (Å²) in [5.74, 6) is -1.09. The molecule has 0 saturated heterocycles. The van der Waals surface area contributed by atoms with E-state index < -0.39 is 23.8 Å². The number of carbonyl (C=O) groups excluding carboxylic acids is 2. The zero-order chi connectivity index (χ0) is 20.0. The molecule has 2 aromatic carbocycles. The van der Waals surface area contributed by atoms with Gasteiger partial charge in [-0.2, -0.15) is 0 Å². The van der Waals surface area contributed by atoms with E-state index in [1.807, 2.05) is 26.0 Å². The van der Waals surface area contributed by atoms with E-state index in [0.717, 1.165) is 5.56 Å². The molecule has 2 aromatic rings. The first-order valence-electron chi connectivity index (χ1n) is 8.30. The Bertz CT molecular complexity index is 826. The normalized spacial score (nSPS) is 10.8. The van der Waals surface area contributed by atoms with Gasteiger partial charge >= 0.3 is 5.97 Å². The van der Waals surface area contributed by atoms with E-state index in [4.69, 9.17) is 9.84 Å². The van der Waals surface area contributed by atoms with Gasteiger partial charge in [0.1, 0.15) is 12.3 Å². The molecule has 0 spiro atoms. The Balaban J connectivity index is 2.05. The number of hydrogen-bond acceptors (Lipinski definition) is 4. The van der Waals surface area contributed by atoms with Gasteiger partial charge in [-0.1, -0.05) is 12.1 Å². The van der Waals surface area contributed by atoms with Crippen molar-refractivity contribution in [3.8, 4) is 5.75 Å². The lowest BCUT2D eigenvalue weighted by atomic mass is 9.83. The molecule has 7 heteroatoms. The molecule has 0 aliphatic heterocycles. The van der Waals surface area contributed by atoms with Gasteiger partial charge in [0.2, 0.25) is 5.91 Å². The van der Waals surface area contributed by atoms with Crippen LogP contribution in [-0.4, -0.2) is 36.5 Å². The van der Waals surface area contributed by atoms with E-state index in [1.165, 1.54) is 12.1 Å². The van der Waals surface area contributed by atoms with Crippen molar-refractivity contribution >= 4 is 23.5 Å². The second-order valence-corrected chi connectivity index (χ2v) is 6.46. The molecule has 2 rings (SSSR count). The summed E-state index contributed by atoms with van der Waals surface area (Å²) >= 11 is 0. The molecular weight excluding hydrogens is 348 g/mol. The lowest BCUT2D eigenvalue weighted by molar-refractivity contribution is -0.135. The highest BCUT2D eigenvalue weighted by atomic mass is 16.5. The largest absolute Gasteiger partial charge is 0.497 e. The summed E-state index contributed by atoms with van der Waals surface area (Å²) in [6.07, 6.45) is 0. The third-order valence-electron chi connectivity index (χ3n) is 4.18. The SMILES string of the molecule is COc1ccc(C(C)(C)C(=O)Nc2ccc(C(=O)NCC(=O)O)cc2)cc1. The predicted octanol–water partition coefficient (Wildman–Crippen LogP) is 2.43. The molecule has 27 heavy (non-hydrogen) atoms. The van der Waals surface area contributed by atoms with Gasteiger partial charge < -0.3 is 20.5 Å². The van der Waals surface area contributed by atoms with Crippen molar-refractivity contribution in [2.75, 3.05) is 19.0 Å². The number of amides is 2. The van der Waals surface area contributed by atoms with Crippen LogP contribution in [0.1, 0.15) is 29.8 Å². The summed E-state index contributed by atoms with van der Waals surface area (Å²) in [5.41, 5.74) is 0.912. The summed E-state index contributed by atoms with van der Waals surface area (Å²) in [6, 6.07) is 13.5. The minimum absolute atomic E-state index is 0.198. The smallest absolute Gasteiger partial charge is 0.322 e. The van der Waals surface area contributed by atoms with Gasteiger partial charge in [-0.15, -0.1) is 0 Å². The van der Waals surface area contributed by atoms with Gasteiger partial charge in [-0.3, -0.25) is 14.4 Å². The minimum atomic E-state index is -1.12. The topological polar surface area (TPSA) is 105 Å². The molecule has 3 N–H and O–H groups in total. The van der Waals surface area contributed by atoms with Crippen molar-refractivity contribution in [3.63, 3.8) is 0 Å². The quantitative estimate of drug-likeness (QED) is 0.694. The Labute approximate surface area is 157 Å². The highest BCUT2D eigenvalue weighted by molar-refractivity contribution is 6.00.